The minimum absolute atomic E-state index is 0.122. The zero-order valence-electron chi connectivity index (χ0n) is 12.7. The number of ether oxygens (including phenoxy) is 1. The van der Waals surface area contributed by atoms with Crippen LogP contribution in [0.2, 0.25) is 0 Å². The van der Waals surface area contributed by atoms with Gasteiger partial charge in [-0.3, -0.25) is 4.79 Å². The van der Waals surface area contributed by atoms with Crippen LogP contribution in [0.4, 0.5) is 5.69 Å². The quantitative estimate of drug-likeness (QED) is 0.593. The molecule has 4 heteroatoms. The first kappa shape index (κ1) is 16.5. The van der Waals surface area contributed by atoms with Crippen LogP contribution < -0.4 is 11.5 Å². The van der Waals surface area contributed by atoms with Crippen LogP contribution >= 0.6 is 0 Å². The van der Waals surface area contributed by atoms with E-state index in [1.807, 2.05) is 45.0 Å². The van der Waals surface area contributed by atoms with E-state index in [9.17, 15) is 4.79 Å². The Morgan fingerprint density at radius 1 is 1.35 bits per heavy atom. The molecule has 0 fully saturated rings. The van der Waals surface area contributed by atoms with E-state index in [0.29, 0.717) is 13.0 Å². The molecule has 1 atom stereocenters. The molecule has 0 saturated heterocycles. The Balaban J connectivity index is 2.91. The fourth-order valence-electron chi connectivity index (χ4n) is 2.44. The van der Waals surface area contributed by atoms with Crippen molar-refractivity contribution in [2.24, 2.45) is 17.1 Å². The normalized spacial score (nSPS) is 14.1. The zero-order chi connectivity index (χ0) is 15.2. The predicted molar refractivity (Wildman–Crippen MR) is 82.1 cm³/mol. The molecular formula is C16H26N2O2. The molecule has 0 radical (unpaired) electrons. The first-order valence-corrected chi connectivity index (χ1v) is 7.18. The SMILES string of the molecule is CCOC(=O)C(CN)(CCc1ccccc1N)C(C)C. The summed E-state index contributed by atoms with van der Waals surface area (Å²) in [5.74, 6) is -0.0801. The minimum atomic E-state index is -0.641. The molecule has 0 saturated carbocycles. The molecule has 0 aliphatic carbocycles. The Morgan fingerprint density at radius 3 is 2.50 bits per heavy atom. The molecule has 20 heavy (non-hydrogen) atoms. The Labute approximate surface area is 121 Å². The van der Waals surface area contributed by atoms with Crippen LogP contribution in [0.5, 0.6) is 0 Å². The van der Waals surface area contributed by atoms with E-state index in [1.54, 1.807) is 0 Å². The number of nitrogen functional groups attached to an aromatic ring is 1. The molecule has 1 aromatic rings. The third kappa shape index (κ3) is 3.51. The van der Waals surface area contributed by atoms with E-state index in [-0.39, 0.29) is 18.4 Å². The third-order valence-corrected chi connectivity index (χ3v) is 4.05. The van der Waals surface area contributed by atoms with Gasteiger partial charge in [0.1, 0.15) is 0 Å². The lowest BCUT2D eigenvalue weighted by molar-refractivity contribution is -0.158. The summed E-state index contributed by atoms with van der Waals surface area (Å²) in [7, 11) is 0. The summed E-state index contributed by atoms with van der Waals surface area (Å²) in [5.41, 5.74) is 13.0. The number of esters is 1. The van der Waals surface area contributed by atoms with Crippen LogP contribution in [0.15, 0.2) is 24.3 Å². The standard InChI is InChI=1S/C16H26N2O2/c1-4-20-15(19)16(11-17,12(2)3)10-9-13-7-5-6-8-14(13)18/h5-8,12H,4,9-11,17-18H2,1-3H3. The summed E-state index contributed by atoms with van der Waals surface area (Å²) in [4.78, 5) is 12.3. The van der Waals surface area contributed by atoms with Crippen molar-refractivity contribution in [1.82, 2.24) is 0 Å². The number of benzene rings is 1. The van der Waals surface area contributed by atoms with E-state index in [1.165, 1.54) is 0 Å². The number of carbonyl (C=O) groups is 1. The number of hydrogen-bond donors (Lipinski definition) is 2. The molecule has 4 N–H and O–H groups in total. The highest BCUT2D eigenvalue weighted by atomic mass is 16.5. The fraction of sp³-hybridized carbons (Fsp3) is 0.562. The van der Waals surface area contributed by atoms with Gasteiger partial charge in [0.05, 0.1) is 12.0 Å². The molecule has 0 aliphatic heterocycles. The van der Waals surface area contributed by atoms with Crippen molar-refractivity contribution in [2.45, 2.75) is 33.6 Å². The van der Waals surface area contributed by atoms with E-state index in [4.69, 9.17) is 16.2 Å². The summed E-state index contributed by atoms with van der Waals surface area (Å²) in [6.45, 7) is 6.50. The highest BCUT2D eigenvalue weighted by Crippen LogP contribution is 2.34. The predicted octanol–water partition coefficient (Wildman–Crippen LogP) is 2.37. The maximum atomic E-state index is 12.3. The lowest BCUT2D eigenvalue weighted by Crippen LogP contribution is -2.44. The van der Waals surface area contributed by atoms with Gasteiger partial charge in [0.25, 0.3) is 0 Å². The van der Waals surface area contributed by atoms with Crippen LogP contribution in [0.25, 0.3) is 0 Å². The molecule has 0 aromatic heterocycles. The maximum Gasteiger partial charge on any atom is 0.313 e. The molecule has 1 rings (SSSR count). The molecular weight excluding hydrogens is 252 g/mol. The number of anilines is 1. The van der Waals surface area contributed by atoms with Gasteiger partial charge < -0.3 is 16.2 Å². The van der Waals surface area contributed by atoms with Gasteiger partial charge >= 0.3 is 5.97 Å². The number of nitrogens with two attached hydrogens (primary N) is 2. The van der Waals surface area contributed by atoms with Crippen molar-refractivity contribution in [3.8, 4) is 0 Å². The molecule has 1 aromatic carbocycles. The number of carbonyl (C=O) groups excluding carboxylic acids is 1. The van der Waals surface area contributed by atoms with Crippen molar-refractivity contribution in [1.29, 1.82) is 0 Å². The maximum absolute atomic E-state index is 12.3. The van der Waals surface area contributed by atoms with Gasteiger partial charge in [0.2, 0.25) is 0 Å². The van der Waals surface area contributed by atoms with E-state index < -0.39 is 5.41 Å². The van der Waals surface area contributed by atoms with Crippen LogP contribution in [0.1, 0.15) is 32.8 Å². The van der Waals surface area contributed by atoms with Crippen molar-refractivity contribution >= 4 is 11.7 Å². The largest absolute Gasteiger partial charge is 0.466 e. The first-order valence-electron chi connectivity index (χ1n) is 7.18. The highest BCUT2D eigenvalue weighted by Gasteiger charge is 2.41. The number of aryl methyl sites for hydroxylation is 1. The fourth-order valence-corrected chi connectivity index (χ4v) is 2.44. The van der Waals surface area contributed by atoms with Gasteiger partial charge in [-0.25, -0.2) is 0 Å². The van der Waals surface area contributed by atoms with Gasteiger partial charge in [-0.2, -0.15) is 0 Å². The average Bonchev–Trinajstić information content (AvgIpc) is 2.41. The average molecular weight is 278 g/mol. The molecule has 112 valence electrons. The lowest BCUT2D eigenvalue weighted by Gasteiger charge is -2.34. The smallest absolute Gasteiger partial charge is 0.313 e. The van der Waals surface area contributed by atoms with Crippen molar-refractivity contribution < 1.29 is 9.53 Å². The van der Waals surface area contributed by atoms with Crippen LogP contribution in [-0.4, -0.2) is 19.1 Å². The van der Waals surface area contributed by atoms with Gasteiger partial charge in [-0.1, -0.05) is 32.0 Å². The second-order valence-electron chi connectivity index (χ2n) is 5.43. The summed E-state index contributed by atoms with van der Waals surface area (Å²) < 4.78 is 5.23. The molecule has 4 nitrogen and oxygen atoms in total. The number of hydrogen-bond acceptors (Lipinski definition) is 4. The zero-order valence-corrected chi connectivity index (χ0v) is 12.7. The van der Waals surface area contributed by atoms with Gasteiger partial charge in [-0.15, -0.1) is 0 Å². The summed E-state index contributed by atoms with van der Waals surface area (Å²) in [6.07, 6.45) is 1.37. The number of rotatable bonds is 7. The molecule has 0 spiro atoms. The van der Waals surface area contributed by atoms with Crippen LogP contribution in [0.3, 0.4) is 0 Å². The van der Waals surface area contributed by atoms with Gasteiger partial charge in [0, 0.05) is 12.2 Å². The summed E-state index contributed by atoms with van der Waals surface area (Å²) in [6, 6.07) is 7.72. The first-order chi connectivity index (χ1) is 9.47. The Bertz CT molecular complexity index is 446. The summed E-state index contributed by atoms with van der Waals surface area (Å²) in [5, 5.41) is 0. The molecule has 0 bridgehead atoms. The Morgan fingerprint density at radius 2 is 2.00 bits per heavy atom. The lowest BCUT2D eigenvalue weighted by atomic mass is 9.73. The van der Waals surface area contributed by atoms with Gasteiger partial charge in [-0.05, 0) is 37.3 Å². The van der Waals surface area contributed by atoms with Gasteiger partial charge in [0.15, 0.2) is 0 Å². The monoisotopic (exact) mass is 278 g/mol. The molecule has 0 heterocycles. The molecule has 1 unspecified atom stereocenters. The second-order valence-corrected chi connectivity index (χ2v) is 5.43. The van der Waals surface area contributed by atoms with E-state index >= 15 is 0 Å². The van der Waals surface area contributed by atoms with E-state index in [2.05, 4.69) is 0 Å². The minimum Gasteiger partial charge on any atom is -0.466 e. The van der Waals surface area contributed by atoms with Crippen molar-refractivity contribution in [3.05, 3.63) is 29.8 Å². The Kier molecular flexibility index (Phi) is 6.02. The van der Waals surface area contributed by atoms with E-state index in [0.717, 1.165) is 17.7 Å². The summed E-state index contributed by atoms with van der Waals surface area (Å²) >= 11 is 0. The Hall–Kier alpha value is -1.55. The highest BCUT2D eigenvalue weighted by molar-refractivity contribution is 5.77. The third-order valence-electron chi connectivity index (χ3n) is 4.05. The second kappa shape index (κ2) is 7.29. The number of para-hydroxylation sites is 1. The van der Waals surface area contributed by atoms with Crippen molar-refractivity contribution in [2.75, 3.05) is 18.9 Å². The van der Waals surface area contributed by atoms with Crippen LogP contribution in [0, 0.1) is 11.3 Å². The van der Waals surface area contributed by atoms with Crippen molar-refractivity contribution in [3.63, 3.8) is 0 Å². The molecule has 0 aliphatic rings. The topological polar surface area (TPSA) is 78.3 Å². The van der Waals surface area contributed by atoms with Crippen LogP contribution in [-0.2, 0) is 16.0 Å². The molecule has 0 amide bonds.